The van der Waals surface area contributed by atoms with E-state index in [1.165, 1.54) is 6.33 Å². The molecule has 2 heterocycles. The molecule has 3 N–H and O–H groups in total. The predicted molar refractivity (Wildman–Crippen MR) is 91.5 cm³/mol. The van der Waals surface area contributed by atoms with Gasteiger partial charge < -0.3 is 15.7 Å². The van der Waals surface area contributed by atoms with Crippen molar-refractivity contribution in [3.8, 4) is 0 Å². The molecule has 0 radical (unpaired) electrons. The van der Waals surface area contributed by atoms with E-state index in [2.05, 4.69) is 19.8 Å². The molecular weight excluding hydrogens is 314 g/mol. The number of hydrogen-bond donors (Lipinski definition) is 2. The molecule has 6 nitrogen and oxygen atoms in total. The number of aromatic nitrogens is 2. The molecule has 1 aromatic heterocycles. The molecule has 2 aromatic rings. The van der Waals surface area contributed by atoms with Crippen molar-refractivity contribution >= 4 is 23.2 Å². The molecule has 1 atom stereocenters. The van der Waals surface area contributed by atoms with Gasteiger partial charge in [-0.1, -0.05) is 41.9 Å². The first-order chi connectivity index (χ1) is 11.1. The number of halogens is 1. The Hall–Kier alpha value is -1.89. The first-order valence-corrected chi connectivity index (χ1v) is 7.99. The Morgan fingerprint density at radius 3 is 2.52 bits per heavy atom. The summed E-state index contributed by atoms with van der Waals surface area (Å²) < 4.78 is 0. The average molecular weight is 334 g/mol. The molecule has 0 unspecified atom stereocenters. The van der Waals surface area contributed by atoms with Gasteiger partial charge in [-0.05, 0) is 5.56 Å². The van der Waals surface area contributed by atoms with Gasteiger partial charge in [0.1, 0.15) is 17.2 Å². The number of rotatable bonds is 4. The summed E-state index contributed by atoms with van der Waals surface area (Å²) in [6.07, 6.45) is 0.961. The van der Waals surface area contributed by atoms with Gasteiger partial charge in [0, 0.05) is 32.7 Å². The van der Waals surface area contributed by atoms with E-state index < -0.39 is 6.10 Å². The van der Waals surface area contributed by atoms with Gasteiger partial charge in [0.2, 0.25) is 0 Å². The van der Waals surface area contributed by atoms with E-state index in [0.717, 1.165) is 31.7 Å². The van der Waals surface area contributed by atoms with Gasteiger partial charge in [0.05, 0.1) is 6.10 Å². The van der Waals surface area contributed by atoms with Gasteiger partial charge in [0.15, 0.2) is 5.82 Å². The molecule has 1 fully saturated rings. The van der Waals surface area contributed by atoms with Crippen molar-refractivity contribution in [2.24, 2.45) is 0 Å². The monoisotopic (exact) mass is 333 g/mol. The number of nitrogens with two attached hydrogens (primary N) is 1. The fourth-order valence-corrected chi connectivity index (χ4v) is 2.98. The lowest BCUT2D eigenvalue weighted by atomic mass is 10.1. The highest BCUT2D eigenvalue weighted by Gasteiger charge is 2.22. The first-order valence-electron chi connectivity index (χ1n) is 7.61. The van der Waals surface area contributed by atoms with Crippen LogP contribution in [0.2, 0.25) is 5.02 Å². The number of benzene rings is 1. The molecule has 0 bridgehead atoms. The van der Waals surface area contributed by atoms with Gasteiger partial charge in [0.25, 0.3) is 0 Å². The van der Waals surface area contributed by atoms with Gasteiger partial charge in [-0.2, -0.15) is 0 Å². The minimum Gasteiger partial charge on any atom is -0.387 e. The molecule has 7 heteroatoms. The van der Waals surface area contributed by atoms with Crippen LogP contribution in [0.5, 0.6) is 0 Å². The normalized spacial score (nSPS) is 17.2. The number of nitrogen functional groups attached to an aromatic ring is 1. The highest BCUT2D eigenvalue weighted by molar-refractivity contribution is 6.35. The molecule has 0 aliphatic carbocycles. The van der Waals surface area contributed by atoms with Crippen LogP contribution in [0.15, 0.2) is 36.7 Å². The summed E-state index contributed by atoms with van der Waals surface area (Å²) in [6, 6.07) is 9.73. The molecule has 1 aliphatic heterocycles. The van der Waals surface area contributed by atoms with Crippen molar-refractivity contribution in [1.82, 2.24) is 14.9 Å². The highest BCUT2D eigenvalue weighted by Crippen LogP contribution is 2.27. The second kappa shape index (κ2) is 7.12. The number of hydrogen-bond acceptors (Lipinski definition) is 6. The third-order valence-electron chi connectivity index (χ3n) is 4.09. The Bertz CT molecular complexity index is 646. The van der Waals surface area contributed by atoms with Crippen LogP contribution < -0.4 is 10.6 Å². The molecule has 0 saturated carbocycles. The van der Waals surface area contributed by atoms with Gasteiger partial charge in [-0.15, -0.1) is 0 Å². The SMILES string of the molecule is Nc1ncnc(N2CCN(C[C@H](O)c3ccccc3)CC2)c1Cl. The summed E-state index contributed by atoms with van der Waals surface area (Å²) in [5, 5.41) is 10.7. The predicted octanol–water partition coefficient (Wildman–Crippen LogP) is 1.57. The van der Waals surface area contributed by atoms with Crippen LogP contribution in [-0.4, -0.2) is 52.7 Å². The maximum absolute atomic E-state index is 10.3. The Balaban J connectivity index is 1.57. The Kier molecular flexibility index (Phi) is 4.95. The maximum atomic E-state index is 10.3. The quantitative estimate of drug-likeness (QED) is 0.884. The fourth-order valence-electron chi connectivity index (χ4n) is 2.76. The van der Waals surface area contributed by atoms with Crippen molar-refractivity contribution in [3.05, 3.63) is 47.2 Å². The van der Waals surface area contributed by atoms with E-state index in [-0.39, 0.29) is 0 Å². The third kappa shape index (κ3) is 3.72. The van der Waals surface area contributed by atoms with Crippen LogP contribution in [0.1, 0.15) is 11.7 Å². The largest absolute Gasteiger partial charge is 0.387 e. The molecule has 1 aliphatic rings. The second-order valence-electron chi connectivity index (χ2n) is 5.61. The first kappa shape index (κ1) is 16.0. The number of aliphatic hydroxyl groups excluding tert-OH is 1. The van der Waals surface area contributed by atoms with Crippen molar-refractivity contribution < 1.29 is 5.11 Å². The zero-order valence-electron chi connectivity index (χ0n) is 12.8. The Morgan fingerprint density at radius 2 is 1.83 bits per heavy atom. The third-order valence-corrected chi connectivity index (χ3v) is 4.45. The molecule has 0 spiro atoms. The van der Waals surface area contributed by atoms with Crippen LogP contribution in [0.25, 0.3) is 0 Å². The Labute approximate surface area is 140 Å². The van der Waals surface area contributed by atoms with Crippen LogP contribution in [0.3, 0.4) is 0 Å². The van der Waals surface area contributed by atoms with Crippen molar-refractivity contribution in [3.63, 3.8) is 0 Å². The zero-order valence-corrected chi connectivity index (χ0v) is 13.5. The number of piperazine rings is 1. The van der Waals surface area contributed by atoms with Gasteiger partial charge in [-0.3, -0.25) is 4.90 Å². The summed E-state index contributed by atoms with van der Waals surface area (Å²) in [4.78, 5) is 12.5. The second-order valence-corrected chi connectivity index (χ2v) is 5.99. The van der Waals surface area contributed by atoms with E-state index in [4.69, 9.17) is 17.3 Å². The van der Waals surface area contributed by atoms with E-state index >= 15 is 0 Å². The van der Waals surface area contributed by atoms with Crippen molar-refractivity contribution in [1.29, 1.82) is 0 Å². The summed E-state index contributed by atoms with van der Waals surface area (Å²) >= 11 is 6.18. The summed E-state index contributed by atoms with van der Waals surface area (Å²) in [5.41, 5.74) is 6.68. The molecule has 1 aromatic carbocycles. The lowest BCUT2D eigenvalue weighted by Crippen LogP contribution is -2.48. The molecular formula is C16H20ClN5O. The van der Waals surface area contributed by atoms with Crippen LogP contribution in [0, 0.1) is 0 Å². The molecule has 122 valence electrons. The summed E-state index contributed by atoms with van der Waals surface area (Å²) in [6.45, 7) is 3.88. The van der Waals surface area contributed by atoms with E-state index in [1.807, 2.05) is 30.3 Å². The summed E-state index contributed by atoms with van der Waals surface area (Å²) in [5.74, 6) is 0.987. The molecule has 3 rings (SSSR count). The molecule has 0 amide bonds. The topological polar surface area (TPSA) is 78.5 Å². The molecule has 23 heavy (non-hydrogen) atoms. The number of β-amino-alcohol motifs (C(OH)–C–C–N with tert-alkyl or cyclic N) is 1. The molecule has 1 saturated heterocycles. The minimum absolute atomic E-state index is 0.304. The summed E-state index contributed by atoms with van der Waals surface area (Å²) in [7, 11) is 0. The Morgan fingerprint density at radius 1 is 1.13 bits per heavy atom. The van der Waals surface area contributed by atoms with E-state index in [9.17, 15) is 5.11 Å². The smallest absolute Gasteiger partial charge is 0.153 e. The highest BCUT2D eigenvalue weighted by atomic mass is 35.5. The lowest BCUT2D eigenvalue weighted by molar-refractivity contribution is 0.109. The minimum atomic E-state index is -0.471. The number of nitrogens with zero attached hydrogens (tertiary/aromatic N) is 4. The number of aliphatic hydroxyl groups is 1. The van der Waals surface area contributed by atoms with Gasteiger partial charge >= 0.3 is 0 Å². The average Bonchev–Trinajstić information content (AvgIpc) is 2.59. The zero-order chi connectivity index (χ0) is 16.2. The number of anilines is 2. The van der Waals surface area contributed by atoms with Crippen molar-refractivity contribution in [2.75, 3.05) is 43.4 Å². The van der Waals surface area contributed by atoms with E-state index in [1.54, 1.807) is 0 Å². The maximum Gasteiger partial charge on any atom is 0.153 e. The van der Waals surface area contributed by atoms with Crippen LogP contribution in [-0.2, 0) is 0 Å². The van der Waals surface area contributed by atoms with Crippen LogP contribution >= 0.6 is 11.6 Å². The van der Waals surface area contributed by atoms with Crippen LogP contribution in [0.4, 0.5) is 11.6 Å². The van der Waals surface area contributed by atoms with E-state index in [0.29, 0.717) is 23.2 Å². The lowest BCUT2D eigenvalue weighted by Gasteiger charge is -2.36. The van der Waals surface area contributed by atoms with Crippen molar-refractivity contribution in [2.45, 2.75) is 6.10 Å². The standard InChI is InChI=1S/C16H20ClN5O/c17-14-15(18)19-11-20-16(14)22-8-6-21(7-9-22)10-13(23)12-4-2-1-3-5-12/h1-5,11,13,23H,6-10H2,(H2,18,19,20)/t13-/m0/s1. The van der Waals surface area contributed by atoms with Gasteiger partial charge in [-0.25, -0.2) is 9.97 Å². The fraction of sp³-hybridized carbons (Fsp3) is 0.375.